The highest BCUT2D eigenvalue weighted by Gasteiger charge is 2.18. The lowest BCUT2D eigenvalue weighted by molar-refractivity contribution is -0.142. The van der Waals surface area contributed by atoms with Crippen LogP contribution in [-0.2, 0) is 29.1 Å². The molecule has 4 rings (SSSR count). The molecule has 0 radical (unpaired) electrons. The standard InChI is InChI=1S/C27H26N2O5/c1-2-32-25(30)13-20-7-4-8-22(27(29)31)26(20)34-16-21-15-33-24-10-9-19(12-23(21)24)18-6-3-5-17(11-18)14-28/h3-12,15H,2,13-14,16,28H2,1H3,(H2,29,31). The predicted octanol–water partition coefficient (Wildman–Crippen LogP) is 4.34. The van der Waals surface area contributed by atoms with Crippen LogP contribution in [0.15, 0.2) is 71.3 Å². The molecule has 0 spiro atoms. The van der Waals surface area contributed by atoms with Crippen molar-refractivity contribution in [2.24, 2.45) is 11.5 Å². The maximum atomic E-state index is 12.1. The maximum Gasteiger partial charge on any atom is 0.310 e. The van der Waals surface area contributed by atoms with E-state index < -0.39 is 11.9 Å². The molecule has 0 aliphatic heterocycles. The minimum atomic E-state index is -0.639. The fourth-order valence-corrected chi connectivity index (χ4v) is 3.86. The Balaban J connectivity index is 1.65. The Labute approximate surface area is 197 Å². The molecule has 0 saturated carbocycles. The minimum Gasteiger partial charge on any atom is -0.488 e. The lowest BCUT2D eigenvalue weighted by Gasteiger charge is -2.14. The summed E-state index contributed by atoms with van der Waals surface area (Å²) in [7, 11) is 0. The van der Waals surface area contributed by atoms with Gasteiger partial charge in [-0.05, 0) is 47.9 Å². The molecular formula is C27H26N2O5. The zero-order valence-electron chi connectivity index (χ0n) is 18.9. The van der Waals surface area contributed by atoms with Gasteiger partial charge in [0.05, 0.1) is 24.9 Å². The highest BCUT2D eigenvalue weighted by molar-refractivity contribution is 5.96. The summed E-state index contributed by atoms with van der Waals surface area (Å²) >= 11 is 0. The van der Waals surface area contributed by atoms with E-state index in [1.54, 1.807) is 31.4 Å². The van der Waals surface area contributed by atoms with Crippen LogP contribution < -0.4 is 16.2 Å². The molecular weight excluding hydrogens is 432 g/mol. The Morgan fingerprint density at radius 2 is 1.76 bits per heavy atom. The Bertz CT molecular complexity index is 1340. The largest absolute Gasteiger partial charge is 0.488 e. The Kier molecular flexibility index (Phi) is 6.94. The number of benzene rings is 3. The number of fused-ring (bicyclic) bond motifs is 1. The molecule has 174 valence electrons. The lowest BCUT2D eigenvalue weighted by Crippen LogP contribution is -2.16. The van der Waals surface area contributed by atoms with E-state index in [0.29, 0.717) is 17.7 Å². The summed E-state index contributed by atoms with van der Waals surface area (Å²) in [5.74, 6) is -0.781. The van der Waals surface area contributed by atoms with Crippen molar-refractivity contribution in [1.82, 2.24) is 0 Å². The molecule has 4 aromatic rings. The van der Waals surface area contributed by atoms with Crippen LogP contribution in [0.2, 0.25) is 0 Å². The Hall–Kier alpha value is -4.10. The average molecular weight is 459 g/mol. The molecule has 0 fully saturated rings. The van der Waals surface area contributed by atoms with Crippen LogP contribution in [0.1, 0.15) is 34.0 Å². The van der Waals surface area contributed by atoms with Crippen molar-refractivity contribution in [2.45, 2.75) is 26.5 Å². The van der Waals surface area contributed by atoms with Crippen molar-refractivity contribution in [3.05, 3.63) is 89.2 Å². The normalized spacial score (nSPS) is 10.9. The van der Waals surface area contributed by atoms with Gasteiger partial charge >= 0.3 is 5.97 Å². The van der Waals surface area contributed by atoms with E-state index in [4.69, 9.17) is 25.4 Å². The van der Waals surface area contributed by atoms with Crippen molar-refractivity contribution in [2.75, 3.05) is 6.61 Å². The van der Waals surface area contributed by atoms with Crippen LogP contribution in [0.4, 0.5) is 0 Å². The molecule has 0 aliphatic rings. The van der Waals surface area contributed by atoms with Crippen molar-refractivity contribution in [3.63, 3.8) is 0 Å². The number of hydrogen-bond acceptors (Lipinski definition) is 6. The van der Waals surface area contributed by atoms with Gasteiger partial charge < -0.3 is 25.4 Å². The zero-order valence-corrected chi connectivity index (χ0v) is 18.9. The number of furan rings is 1. The fraction of sp³-hybridized carbons (Fsp3) is 0.185. The summed E-state index contributed by atoms with van der Waals surface area (Å²) in [6.45, 7) is 2.59. The number of amides is 1. The average Bonchev–Trinajstić information content (AvgIpc) is 3.25. The molecule has 0 saturated heterocycles. The first-order valence-corrected chi connectivity index (χ1v) is 11.0. The molecule has 1 amide bonds. The number of para-hydroxylation sites is 1. The number of nitrogens with two attached hydrogens (primary N) is 2. The second-order valence-corrected chi connectivity index (χ2v) is 7.80. The highest BCUT2D eigenvalue weighted by Crippen LogP contribution is 2.31. The molecule has 7 heteroatoms. The molecule has 4 N–H and O–H groups in total. The van der Waals surface area contributed by atoms with Gasteiger partial charge in [-0.3, -0.25) is 9.59 Å². The van der Waals surface area contributed by atoms with Crippen LogP contribution in [0.3, 0.4) is 0 Å². The molecule has 0 atom stereocenters. The summed E-state index contributed by atoms with van der Waals surface area (Å²) in [5.41, 5.74) is 16.7. The van der Waals surface area contributed by atoms with Crippen molar-refractivity contribution < 1.29 is 23.5 Å². The number of carbonyl (C=O) groups is 2. The smallest absolute Gasteiger partial charge is 0.310 e. The quantitative estimate of drug-likeness (QED) is 0.360. The van der Waals surface area contributed by atoms with Crippen molar-refractivity contribution >= 4 is 22.8 Å². The summed E-state index contributed by atoms with van der Waals surface area (Å²) in [5, 5.41) is 0.888. The van der Waals surface area contributed by atoms with Gasteiger partial charge in [0.1, 0.15) is 17.9 Å². The number of hydrogen-bond donors (Lipinski definition) is 2. The van der Waals surface area contributed by atoms with E-state index in [0.717, 1.165) is 27.6 Å². The van der Waals surface area contributed by atoms with Crippen molar-refractivity contribution in [1.29, 1.82) is 0 Å². The number of esters is 1. The summed E-state index contributed by atoms with van der Waals surface area (Å²) in [4.78, 5) is 24.1. The first-order chi connectivity index (χ1) is 16.5. The lowest BCUT2D eigenvalue weighted by atomic mass is 10.0. The van der Waals surface area contributed by atoms with E-state index in [-0.39, 0.29) is 30.9 Å². The van der Waals surface area contributed by atoms with E-state index in [1.807, 2.05) is 36.4 Å². The topological polar surface area (TPSA) is 118 Å². The van der Waals surface area contributed by atoms with Crippen LogP contribution >= 0.6 is 0 Å². The van der Waals surface area contributed by atoms with Gasteiger partial charge in [0.15, 0.2) is 0 Å². The van der Waals surface area contributed by atoms with Crippen molar-refractivity contribution in [3.8, 4) is 16.9 Å². The number of rotatable bonds is 9. The number of carbonyl (C=O) groups excluding carboxylic acids is 2. The third kappa shape index (κ3) is 4.94. The molecule has 7 nitrogen and oxygen atoms in total. The van der Waals surface area contributed by atoms with Gasteiger partial charge in [-0.2, -0.15) is 0 Å². The van der Waals surface area contributed by atoms with Gasteiger partial charge in [0, 0.05) is 23.1 Å². The SMILES string of the molecule is CCOC(=O)Cc1cccc(C(N)=O)c1OCc1coc2ccc(-c3cccc(CN)c3)cc12. The van der Waals surface area contributed by atoms with Gasteiger partial charge in [0.25, 0.3) is 5.91 Å². The van der Waals surface area contributed by atoms with Gasteiger partial charge in [-0.25, -0.2) is 0 Å². The Morgan fingerprint density at radius 3 is 2.53 bits per heavy atom. The minimum absolute atomic E-state index is 0.0297. The second kappa shape index (κ2) is 10.2. The molecule has 1 heterocycles. The summed E-state index contributed by atoms with van der Waals surface area (Å²) in [6.07, 6.45) is 1.60. The molecule has 3 aromatic carbocycles. The Morgan fingerprint density at radius 1 is 0.971 bits per heavy atom. The van der Waals surface area contributed by atoms with Crippen LogP contribution in [-0.4, -0.2) is 18.5 Å². The molecule has 34 heavy (non-hydrogen) atoms. The van der Waals surface area contributed by atoms with E-state index in [2.05, 4.69) is 6.07 Å². The third-order valence-electron chi connectivity index (χ3n) is 5.52. The monoisotopic (exact) mass is 458 g/mol. The first-order valence-electron chi connectivity index (χ1n) is 11.0. The fourth-order valence-electron chi connectivity index (χ4n) is 3.86. The number of ether oxygens (including phenoxy) is 2. The predicted molar refractivity (Wildman–Crippen MR) is 129 cm³/mol. The van der Waals surface area contributed by atoms with Crippen LogP contribution in [0, 0.1) is 0 Å². The molecule has 1 aromatic heterocycles. The van der Waals surface area contributed by atoms with Gasteiger partial charge in [0.2, 0.25) is 0 Å². The highest BCUT2D eigenvalue weighted by atomic mass is 16.5. The molecule has 0 bridgehead atoms. The summed E-state index contributed by atoms with van der Waals surface area (Å²) in [6, 6.07) is 18.9. The molecule has 0 unspecified atom stereocenters. The van der Waals surface area contributed by atoms with Gasteiger partial charge in [-0.15, -0.1) is 0 Å². The molecule has 0 aliphatic carbocycles. The van der Waals surface area contributed by atoms with Gasteiger partial charge in [-0.1, -0.05) is 36.4 Å². The van der Waals surface area contributed by atoms with E-state index >= 15 is 0 Å². The maximum absolute atomic E-state index is 12.1. The summed E-state index contributed by atoms with van der Waals surface area (Å²) < 4.78 is 16.8. The first kappa shape index (κ1) is 23.1. The second-order valence-electron chi connectivity index (χ2n) is 7.80. The zero-order chi connectivity index (χ0) is 24.1. The van der Waals surface area contributed by atoms with E-state index in [9.17, 15) is 9.59 Å². The van der Waals surface area contributed by atoms with Crippen LogP contribution in [0.25, 0.3) is 22.1 Å². The van der Waals surface area contributed by atoms with E-state index in [1.165, 1.54) is 0 Å². The number of primary amides is 1. The van der Waals surface area contributed by atoms with Crippen LogP contribution in [0.5, 0.6) is 5.75 Å². The third-order valence-corrected chi connectivity index (χ3v) is 5.52.